The van der Waals surface area contributed by atoms with Gasteiger partial charge in [-0.1, -0.05) is 47.5 Å². The Balaban J connectivity index is 1.55. The Morgan fingerprint density at radius 3 is 2.54 bits per heavy atom. The summed E-state index contributed by atoms with van der Waals surface area (Å²) in [6.07, 6.45) is -3.06. The van der Waals surface area contributed by atoms with E-state index in [9.17, 15) is 18.0 Å². The second kappa shape index (κ2) is 11.5. The number of carbonyl (C=O) groups excluding carboxylic acids is 1. The maximum Gasteiger partial charge on any atom is 0.418 e. The number of amidine groups is 1. The number of nitrogens with one attached hydrogen (secondary N) is 1. The third-order valence-corrected chi connectivity index (χ3v) is 6.56. The molecular weight excluding hydrogens is 548 g/mol. The van der Waals surface area contributed by atoms with E-state index in [2.05, 4.69) is 10.3 Å². The van der Waals surface area contributed by atoms with Crippen molar-refractivity contribution < 1.29 is 27.4 Å². The van der Waals surface area contributed by atoms with E-state index in [1.54, 1.807) is 30.3 Å². The van der Waals surface area contributed by atoms with Gasteiger partial charge in [-0.25, -0.2) is 4.99 Å². The van der Waals surface area contributed by atoms with E-state index < -0.39 is 17.6 Å². The Morgan fingerprint density at radius 2 is 1.81 bits per heavy atom. The fraction of sp³-hybridized carbons (Fsp3) is 0.154. The van der Waals surface area contributed by atoms with E-state index in [0.29, 0.717) is 28.7 Å². The first-order valence-corrected chi connectivity index (χ1v) is 12.5. The quantitative estimate of drug-likeness (QED) is 0.295. The molecule has 0 spiro atoms. The van der Waals surface area contributed by atoms with Gasteiger partial charge >= 0.3 is 6.18 Å². The number of amides is 1. The second-order valence-electron chi connectivity index (χ2n) is 7.66. The Morgan fingerprint density at radius 1 is 1.03 bits per heavy atom. The third-order valence-electron chi connectivity index (χ3n) is 5.04. The molecule has 0 atom stereocenters. The number of benzene rings is 3. The maximum absolute atomic E-state index is 13.4. The van der Waals surface area contributed by atoms with Gasteiger partial charge in [0.25, 0.3) is 5.91 Å². The van der Waals surface area contributed by atoms with E-state index in [1.165, 1.54) is 6.07 Å². The lowest BCUT2D eigenvalue weighted by atomic mass is 10.1. The summed E-state index contributed by atoms with van der Waals surface area (Å²) in [5.41, 5.74) is 0.112. The van der Waals surface area contributed by atoms with Crippen LogP contribution in [0.25, 0.3) is 6.08 Å². The van der Waals surface area contributed by atoms with Gasteiger partial charge < -0.3 is 14.8 Å². The molecule has 37 heavy (non-hydrogen) atoms. The number of nitrogens with zero attached hydrogens (tertiary/aromatic N) is 1. The van der Waals surface area contributed by atoms with Gasteiger partial charge in [0.1, 0.15) is 6.61 Å². The highest BCUT2D eigenvalue weighted by Crippen LogP contribution is 2.39. The molecule has 0 bridgehead atoms. The van der Waals surface area contributed by atoms with E-state index in [1.807, 2.05) is 25.1 Å². The predicted molar refractivity (Wildman–Crippen MR) is 141 cm³/mol. The number of rotatable bonds is 7. The zero-order valence-electron chi connectivity index (χ0n) is 19.2. The summed E-state index contributed by atoms with van der Waals surface area (Å²) in [5, 5.41) is 3.04. The normalized spacial score (nSPS) is 15.8. The zero-order valence-corrected chi connectivity index (χ0v) is 21.6. The van der Waals surface area contributed by atoms with Crippen LogP contribution in [0.3, 0.4) is 0 Å². The average molecular weight is 567 g/mol. The van der Waals surface area contributed by atoms with Crippen molar-refractivity contribution in [3.8, 4) is 11.5 Å². The van der Waals surface area contributed by atoms with Gasteiger partial charge in [0.05, 0.1) is 22.8 Å². The van der Waals surface area contributed by atoms with Gasteiger partial charge in [0.15, 0.2) is 16.7 Å². The summed E-state index contributed by atoms with van der Waals surface area (Å²) >= 11 is 12.8. The highest BCUT2D eigenvalue weighted by Gasteiger charge is 2.34. The zero-order chi connectivity index (χ0) is 26.6. The van der Waals surface area contributed by atoms with Crippen LogP contribution >= 0.6 is 35.0 Å². The number of halogens is 5. The number of hydrogen-bond donors (Lipinski definition) is 1. The molecule has 0 aliphatic carbocycles. The molecule has 11 heteroatoms. The highest BCUT2D eigenvalue weighted by molar-refractivity contribution is 8.18. The SMILES string of the molecule is CCOc1cc(/C=C2\SC(=Nc3ccc(Cl)cc3C(F)(F)F)NC2=O)ccc1OCc1ccccc1Cl. The summed E-state index contributed by atoms with van der Waals surface area (Å²) in [6.45, 7) is 2.46. The molecule has 3 aromatic rings. The molecule has 1 N–H and O–H groups in total. The fourth-order valence-corrected chi connectivity index (χ4v) is 4.54. The lowest BCUT2D eigenvalue weighted by molar-refractivity contribution is -0.137. The standard InChI is InChI=1S/C26H19Cl2F3N2O3S/c1-2-35-22-11-15(7-10-21(22)36-14-16-5-3-4-6-19(16)28)12-23-24(34)33-25(37-23)32-20-9-8-17(27)13-18(20)26(29,30)31/h3-13H,2,14H2,1H3,(H,32,33,34)/b23-12-. The molecule has 192 valence electrons. The Bertz CT molecular complexity index is 1390. The minimum Gasteiger partial charge on any atom is -0.490 e. The Hall–Kier alpha value is -3.14. The first-order valence-electron chi connectivity index (χ1n) is 10.9. The topological polar surface area (TPSA) is 59.9 Å². The van der Waals surface area contributed by atoms with Gasteiger partial charge in [-0.15, -0.1) is 0 Å². The highest BCUT2D eigenvalue weighted by atomic mass is 35.5. The minimum absolute atomic E-state index is 0.0220. The van der Waals surface area contributed by atoms with Crippen molar-refractivity contribution >= 4 is 57.8 Å². The van der Waals surface area contributed by atoms with Crippen molar-refractivity contribution in [3.63, 3.8) is 0 Å². The molecular formula is C26H19Cl2F3N2O3S. The van der Waals surface area contributed by atoms with Crippen LogP contribution in [0.4, 0.5) is 18.9 Å². The Kier molecular flexibility index (Phi) is 8.36. The minimum atomic E-state index is -4.65. The first kappa shape index (κ1) is 26.9. The molecule has 1 fully saturated rings. The van der Waals surface area contributed by atoms with Crippen molar-refractivity contribution in [1.29, 1.82) is 0 Å². The third kappa shape index (κ3) is 6.80. The number of ether oxygens (including phenoxy) is 2. The fourth-order valence-electron chi connectivity index (χ4n) is 3.35. The van der Waals surface area contributed by atoms with Crippen molar-refractivity contribution in [2.75, 3.05) is 6.61 Å². The molecule has 1 heterocycles. The van der Waals surface area contributed by atoms with Crippen molar-refractivity contribution in [1.82, 2.24) is 5.32 Å². The molecule has 1 aliphatic heterocycles. The summed E-state index contributed by atoms with van der Waals surface area (Å²) < 4.78 is 51.8. The van der Waals surface area contributed by atoms with E-state index >= 15 is 0 Å². The van der Waals surface area contributed by atoms with Crippen LogP contribution < -0.4 is 14.8 Å². The van der Waals surface area contributed by atoms with Crippen LogP contribution in [0.1, 0.15) is 23.6 Å². The van der Waals surface area contributed by atoms with Gasteiger partial charge in [-0.3, -0.25) is 4.79 Å². The molecule has 3 aromatic carbocycles. The lowest BCUT2D eigenvalue weighted by Gasteiger charge is -2.13. The summed E-state index contributed by atoms with van der Waals surface area (Å²) in [5.74, 6) is 0.484. The molecule has 4 rings (SSSR count). The first-order chi connectivity index (χ1) is 17.6. The lowest BCUT2D eigenvalue weighted by Crippen LogP contribution is -2.19. The van der Waals surface area contributed by atoms with Crippen LogP contribution in [0.5, 0.6) is 11.5 Å². The van der Waals surface area contributed by atoms with Gasteiger partial charge in [0, 0.05) is 15.6 Å². The molecule has 5 nitrogen and oxygen atoms in total. The smallest absolute Gasteiger partial charge is 0.418 e. The van der Waals surface area contributed by atoms with Gasteiger partial charge in [-0.2, -0.15) is 13.2 Å². The van der Waals surface area contributed by atoms with Crippen LogP contribution in [0.15, 0.2) is 70.6 Å². The molecule has 1 saturated heterocycles. The maximum atomic E-state index is 13.4. The Labute approximate surface area is 225 Å². The number of alkyl halides is 3. The molecule has 0 unspecified atom stereocenters. The average Bonchev–Trinajstić information content (AvgIpc) is 3.18. The number of carbonyl (C=O) groups is 1. The molecule has 1 aliphatic rings. The summed E-state index contributed by atoms with van der Waals surface area (Å²) in [4.78, 5) is 16.8. The molecule has 1 amide bonds. The van der Waals surface area contributed by atoms with Crippen LogP contribution in [-0.4, -0.2) is 17.7 Å². The van der Waals surface area contributed by atoms with Gasteiger partial charge in [-0.05, 0) is 66.7 Å². The largest absolute Gasteiger partial charge is 0.490 e. The van der Waals surface area contributed by atoms with E-state index in [-0.39, 0.29) is 27.4 Å². The second-order valence-corrected chi connectivity index (χ2v) is 9.53. The van der Waals surface area contributed by atoms with Gasteiger partial charge in [0.2, 0.25) is 0 Å². The summed E-state index contributed by atoms with van der Waals surface area (Å²) in [6, 6.07) is 15.7. The monoisotopic (exact) mass is 566 g/mol. The van der Waals surface area contributed by atoms with Crippen molar-refractivity contribution in [2.45, 2.75) is 19.7 Å². The van der Waals surface area contributed by atoms with E-state index in [0.717, 1.165) is 29.5 Å². The number of thioether (sulfide) groups is 1. The van der Waals surface area contributed by atoms with Crippen molar-refractivity contribution in [3.05, 3.63) is 92.3 Å². The number of aliphatic imine (C=N–C) groups is 1. The molecule has 0 radical (unpaired) electrons. The van der Waals surface area contributed by atoms with Crippen LogP contribution in [0, 0.1) is 0 Å². The number of hydrogen-bond acceptors (Lipinski definition) is 5. The van der Waals surface area contributed by atoms with Crippen LogP contribution in [-0.2, 0) is 17.6 Å². The molecule has 0 aromatic heterocycles. The van der Waals surface area contributed by atoms with E-state index in [4.69, 9.17) is 32.7 Å². The summed E-state index contributed by atoms with van der Waals surface area (Å²) in [7, 11) is 0. The van der Waals surface area contributed by atoms with Crippen LogP contribution in [0.2, 0.25) is 10.0 Å². The predicted octanol–water partition coefficient (Wildman–Crippen LogP) is 7.88. The van der Waals surface area contributed by atoms with Crippen molar-refractivity contribution in [2.24, 2.45) is 4.99 Å². The molecule has 0 saturated carbocycles.